The maximum absolute atomic E-state index is 11.5. The molecule has 1 aliphatic heterocycles. The van der Waals surface area contributed by atoms with Gasteiger partial charge in [0.15, 0.2) is 9.84 Å². The number of anilines is 3. The molecule has 0 aliphatic carbocycles. The lowest BCUT2D eigenvalue weighted by Crippen LogP contribution is -2.21. The summed E-state index contributed by atoms with van der Waals surface area (Å²) < 4.78 is 23.0. The Hall–Kier alpha value is -1.57. The van der Waals surface area contributed by atoms with Crippen LogP contribution in [0.2, 0.25) is 10.0 Å². The molecule has 1 fully saturated rings. The zero-order valence-electron chi connectivity index (χ0n) is 12.0. The van der Waals surface area contributed by atoms with E-state index in [2.05, 4.69) is 20.6 Å². The van der Waals surface area contributed by atoms with Crippen LogP contribution in [0.4, 0.5) is 17.3 Å². The Labute approximate surface area is 144 Å². The fourth-order valence-electron chi connectivity index (χ4n) is 2.40. The van der Waals surface area contributed by atoms with Crippen molar-refractivity contribution in [2.75, 3.05) is 22.1 Å². The number of hydrogen-bond acceptors (Lipinski definition) is 6. The van der Waals surface area contributed by atoms with Gasteiger partial charge in [0.05, 0.1) is 11.5 Å². The summed E-state index contributed by atoms with van der Waals surface area (Å²) in [6.45, 7) is 0. The van der Waals surface area contributed by atoms with Crippen molar-refractivity contribution in [3.63, 3.8) is 0 Å². The van der Waals surface area contributed by atoms with Crippen LogP contribution >= 0.6 is 23.2 Å². The van der Waals surface area contributed by atoms with Gasteiger partial charge in [-0.05, 0) is 24.6 Å². The molecule has 9 heteroatoms. The minimum atomic E-state index is -2.93. The summed E-state index contributed by atoms with van der Waals surface area (Å²) in [5.41, 5.74) is 0.704. The van der Waals surface area contributed by atoms with E-state index >= 15 is 0 Å². The molecule has 0 saturated carbocycles. The summed E-state index contributed by atoms with van der Waals surface area (Å²) in [7, 11) is -2.93. The predicted octanol–water partition coefficient (Wildman–Crippen LogP) is 3.13. The first-order valence-electron chi connectivity index (χ1n) is 6.92. The Morgan fingerprint density at radius 3 is 2.39 bits per heavy atom. The van der Waals surface area contributed by atoms with E-state index < -0.39 is 9.84 Å². The van der Waals surface area contributed by atoms with Crippen LogP contribution in [0.15, 0.2) is 30.6 Å². The van der Waals surface area contributed by atoms with Crippen molar-refractivity contribution in [3.8, 4) is 0 Å². The molecule has 2 heterocycles. The smallest absolute Gasteiger partial charge is 0.152 e. The largest absolute Gasteiger partial charge is 0.366 e. The third-order valence-corrected chi connectivity index (χ3v) is 5.59. The first kappa shape index (κ1) is 16.3. The number of benzene rings is 1. The Kier molecular flexibility index (Phi) is 4.61. The normalized spacial score (nSPS) is 19.5. The summed E-state index contributed by atoms with van der Waals surface area (Å²) in [6.07, 6.45) is 1.99. The van der Waals surface area contributed by atoms with Crippen LogP contribution in [-0.2, 0) is 9.84 Å². The lowest BCUT2D eigenvalue weighted by atomic mass is 10.2. The van der Waals surface area contributed by atoms with Gasteiger partial charge in [-0.25, -0.2) is 18.4 Å². The SMILES string of the molecule is O=S1(=O)CCC(Nc2cc(Nc3cc(Cl)cc(Cl)c3)ncn2)C1. The molecule has 1 atom stereocenters. The maximum Gasteiger partial charge on any atom is 0.152 e. The van der Waals surface area contributed by atoms with Gasteiger partial charge in [0.1, 0.15) is 18.0 Å². The van der Waals surface area contributed by atoms with Crippen LogP contribution in [0.3, 0.4) is 0 Å². The summed E-state index contributed by atoms with van der Waals surface area (Å²) in [4.78, 5) is 8.25. The fourth-order valence-corrected chi connectivity index (χ4v) is 4.60. The van der Waals surface area contributed by atoms with Gasteiger partial charge in [0.2, 0.25) is 0 Å². The molecule has 0 radical (unpaired) electrons. The monoisotopic (exact) mass is 372 g/mol. The highest BCUT2D eigenvalue weighted by molar-refractivity contribution is 7.91. The Morgan fingerprint density at radius 2 is 1.74 bits per heavy atom. The van der Waals surface area contributed by atoms with Gasteiger partial charge in [-0.2, -0.15) is 0 Å². The molecule has 1 aromatic heterocycles. The van der Waals surface area contributed by atoms with E-state index in [0.717, 1.165) is 0 Å². The second-order valence-electron chi connectivity index (χ2n) is 5.32. The first-order valence-corrected chi connectivity index (χ1v) is 9.49. The van der Waals surface area contributed by atoms with E-state index in [1.807, 2.05) is 0 Å². The molecule has 1 aliphatic rings. The van der Waals surface area contributed by atoms with Crippen molar-refractivity contribution in [3.05, 3.63) is 40.6 Å². The molecule has 3 rings (SSSR count). The van der Waals surface area contributed by atoms with E-state index in [0.29, 0.717) is 33.8 Å². The van der Waals surface area contributed by atoms with Gasteiger partial charge in [-0.1, -0.05) is 23.2 Å². The van der Waals surface area contributed by atoms with Gasteiger partial charge in [0.25, 0.3) is 0 Å². The highest BCUT2D eigenvalue weighted by Crippen LogP contribution is 2.25. The number of nitrogens with zero attached hydrogens (tertiary/aromatic N) is 2. The highest BCUT2D eigenvalue weighted by Gasteiger charge is 2.27. The molecule has 0 spiro atoms. The zero-order chi connectivity index (χ0) is 16.4. The molecule has 2 aromatic rings. The zero-order valence-corrected chi connectivity index (χ0v) is 14.3. The van der Waals surface area contributed by atoms with Crippen LogP contribution < -0.4 is 10.6 Å². The van der Waals surface area contributed by atoms with Gasteiger partial charge >= 0.3 is 0 Å². The number of sulfone groups is 1. The first-order chi connectivity index (χ1) is 10.9. The Morgan fingerprint density at radius 1 is 1.04 bits per heavy atom. The molecule has 1 unspecified atom stereocenters. The van der Waals surface area contributed by atoms with Gasteiger partial charge in [0, 0.05) is 27.8 Å². The van der Waals surface area contributed by atoms with E-state index in [1.54, 1.807) is 24.3 Å². The molecule has 0 bridgehead atoms. The maximum atomic E-state index is 11.5. The Balaban J connectivity index is 1.72. The van der Waals surface area contributed by atoms with Crippen LogP contribution in [0.25, 0.3) is 0 Å². The number of rotatable bonds is 4. The fraction of sp³-hybridized carbons (Fsp3) is 0.286. The average Bonchev–Trinajstić information content (AvgIpc) is 2.77. The minimum absolute atomic E-state index is 0.122. The van der Waals surface area contributed by atoms with Crippen molar-refractivity contribution in [1.82, 2.24) is 9.97 Å². The second kappa shape index (κ2) is 6.51. The summed E-state index contributed by atoms with van der Waals surface area (Å²) in [6, 6.07) is 6.68. The molecule has 122 valence electrons. The van der Waals surface area contributed by atoms with Crippen molar-refractivity contribution in [2.24, 2.45) is 0 Å². The topological polar surface area (TPSA) is 84.0 Å². The lowest BCUT2D eigenvalue weighted by Gasteiger charge is -2.12. The summed E-state index contributed by atoms with van der Waals surface area (Å²) in [5, 5.41) is 7.25. The third kappa shape index (κ3) is 4.46. The third-order valence-electron chi connectivity index (χ3n) is 3.39. The van der Waals surface area contributed by atoms with Crippen LogP contribution in [0.1, 0.15) is 6.42 Å². The quantitative estimate of drug-likeness (QED) is 0.857. The van der Waals surface area contributed by atoms with Crippen molar-refractivity contribution < 1.29 is 8.42 Å². The number of aromatic nitrogens is 2. The summed E-state index contributed by atoms with van der Waals surface area (Å²) in [5.74, 6) is 1.46. The minimum Gasteiger partial charge on any atom is -0.366 e. The van der Waals surface area contributed by atoms with E-state index in [4.69, 9.17) is 23.2 Å². The predicted molar refractivity (Wildman–Crippen MR) is 92.5 cm³/mol. The van der Waals surface area contributed by atoms with Gasteiger partial charge < -0.3 is 10.6 Å². The average molecular weight is 373 g/mol. The van der Waals surface area contributed by atoms with Crippen molar-refractivity contribution in [1.29, 1.82) is 0 Å². The van der Waals surface area contributed by atoms with E-state index in [-0.39, 0.29) is 17.5 Å². The molecule has 1 saturated heterocycles. The standard InChI is InChI=1S/C14H14Cl2N4O2S/c15-9-3-10(16)5-12(4-9)20-14-6-13(17-8-18-14)19-11-1-2-23(21,22)7-11/h3-6,8,11H,1-2,7H2,(H2,17,18,19,20). The van der Waals surface area contributed by atoms with E-state index in [1.165, 1.54) is 6.33 Å². The molecule has 6 nitrogen and oxygen atoms in total. The van der Waals surface area contributed by atoms with E-state index in [9.17, 15) is 8.42 Å². The molecule has 2 N–H and O–H groups in total. The van der Waals surface area contributed by atoms with Crippen LogP contribution in [0.5, 0.6) is 0 Å². The molecule has 0 amide bonds. The Bertz CT molecular complexity index is 809. The molecular formula is C14H14Cl2N4O2S. The van der Waals surface area contributed by atoms with Gasteiger partial charge in [-0.3, -0.25) is 0 Å². The van der Waals surface area contributed by atoms with Gasteiger partial charge in [-0.15, -0.1) is 0 Å². The number of nitrogens with one attached hydrogen (secondary N) is 2. The number of hydrogen-bond donors (Lipinski definition) is 2. The molecule has 23 heavy (non-hydrogen) atoms. The van der Waals surface area contributed by atoms with Crippen molar-refractivity contribution in [2.45, 2.75) is 12.5 Å². The van der Waals surface area contributed by atoms with Crippen LogP contribution in [0, 0.1) is 0 Å². The molecular weight excluding hydrogens is 359 g/mol. The lowest BCUT2D eigenvalue weighted by molar-refractivity contribution is 0.602. The summed E-state index contributed by atoms with van der Waals surface area (Å²) >= 11 is 11.9. The van der Waals surface area contributed by atoms with Crippen LogP contribution in [-0.4, -0.2) is 35.9 Å². The second-order valence-corrected chi connectivity index (χ2v) is 8.42. The highest BCUT2D eigenvalue weighted by atomic mass is 35.5. The number of halogens is 2. The van der Waals surface area contributed by atoms with Crippen molar-refractivity contribution >= 4 is 50.4 Å². The molecule has 1 aromatic carbocycles.